The average Bonchev–Trinajstić information content (AvgIpc) is 3.58. The van der Waals surface area contributed by atoms with E-state index in [0.717, 1.165) is 63.5 Å². The van der Waals surface area contributed by atoms with Crippen molar-refractivity contribution in [1.29, 1.82) is 0 Å². The third-order valence-electron chi connectivity index (χ3n) is 6.94. The summed E-state index contributed by atoms with van der Waals surface area (Å²) in [6.45, 7) is 2.52. The summed E-state index contributed by atoms with van der Waals surface area (Å²) in [7, 11) is 0. The fourth-order valence-corrected chi connectivity index (χ4v) is 5.00. The molecule has 1 saturated carbocycles. The SMILES string of the molecule is Cc1ccccc1OCc1cccc(Oc2ccc(-c3nn(C4CCCC4)c4ncnc(N)c34)cc2)c1. The Bertz CT molecular complexity index is 1540. The minimum Gasteiger partial charge on any atom is -0.489 e. The van der Waals surface area contributed by atoms with Crippen molar-refractivity contribution in [1.82, 2.24) is 19.7 Å². The van der Waals surface area contributed by atoms with Gasteiger partial charge in [-0.2, -0.15) is 5.10 Å². The summed E-state index contributed by atoms with van der Waals surface area (Å²) in [6, 6.07) is 24.2. The summed E-state index contributed by atoms with van der Waals surface area (Å²) in [6.07, 6.45) is 6.18. The van der Waals surface area contributed by atoms with E-state index in [0.29, 0.717) is 18.5 Å². The van der Waals surface area contributed by atoms with Gasteiger partial charge in [0.25, 0.3) is 0 Å². The molecule has 6 rings (SSSR count). The highest BCUT2D eigenvalue weighted by Crippen LogP contribution is 2.37. The molecule has 7 heteroatoms. The van der Waals surface area contributed by atoms with Crippen molar-refractivity contribution in [2.24, 2.45) is 0 Å². The summed E-state index contributed by atoms with van der Waals surface area (Å²) in [4.78, 5) is 8.76. The number of aromatic nitrogens is 4. The first kappa shape index (κ1) is 23.0. The third-order valence-corrected chi connectivity index (χ3v) is 6.94. The molecule has 0 atom stereocenters. The number of rotatable bonds is 7. The highest BCUT2D eigenvalue weighted by molar-refractivity contribution is 5.98. The first-order chi connectivity index (χ1) is 18.2. The fraction of sp³-hybridized carbons (Fsp3) is 0.233. The van der Waals surface area contributed by atoms with Crippen LogP contribution in [0.4, 0.5) is 5.82 Å². The van der Waals surface area contributed by atoms with E-state index in [4.69, 9.17) is 20.3 Å². The highest BCUT2D eigenvalue weighted by Gasteiger charge is 2.24. The lowest BCUT2D eigenvalue weighted by atomic mass is 10.1. The van der Waals surface area contributed by atoms with Gasteiger partial charge in [0.05, 0.1) is 11.4 Å². The lowest BCUT2D eigenvalue weighted by Crippen LogP contribution is -2.07. The summed E-state index contributed by atoms with van der Waals surface area (Å²) in [5.74, 6) is 2.84. The number of nitrogen functional groups attached to an aromatic ring is 1. The molecule has 0 bridgehead atoms. The molecule has 186 valence electrons. The molecule has 1 aliphatic rings. The molecule has 0 saturated heterocycles. The van der Waals surface area contributed by atoms with Gasteiger partial charge in [0.2, 0.25) is 0 Å². The smallest absolute Gasteiger partial charge is 0.164 e. The zero-order valence-corrected chi connectivity index (χ0v) is 20.8. The van der Waals surface area contributed by atoms with Crippen LogP contribution in [0.25, 0.3) is 22.3 Å². The Morgan fingerprint density at radius 2 is 1.73 bits per heavy atom. The first-order valence-corrected chi connectivity index (χ1v) is 12.7. The zero-order chi connectivity index (χ0) is 25.2. The van der Waals surface area contributed by atoms with Crippen molar-refractivity contribution < 1.29 is 9.47 Å². The van der Waals surface area contributed by atoms with E-state index in [1.54, 1.807) is 0 Å². The van der Waals surface area contributed by atoms with E-state index in [1.807, 2.05) is 84.4 Å². The van der Waals surface area contributed by atoms with E-state index in [9.17, 15) is 0 Å². The second kappa shape index (κ2) is 9.93. The van der Waals surface area contributed by atoms with Crippen molar-refractivity contribution in [2.45, 2.75) is 45.3 Å². The van der Waals surface area contributed by atoms with E-state index in [2.05, 4.69) is 9.97 Å². The maximum atomic E-state index is 6.28. The number of nitrogens with two attached hydrogens (primary N) is 1. The molecule has 5 aromatic rings. The van der Waals surface area contributed by atoms with E-state index >= 15 is 0 Å². The lowest BCUT2D eigenvalue weighted by Gasteiger charge is -2.11. The summed E-state index contributed by atoms with van der Waals surface area (Å²) >= 11 is 0. The topological polar surface area (TPSA) is 88.1 Å². The number of ether oxygens (including phenoxy) is 2. The van der Waals surface area contributed by atoms with Crippen LogP contribution in [0, 0.1) is 6.92 Å². The predicted octanol–water partition coefficient (Wildman–Crippen LogP) is 6.87. The molecular weight excluding hydrogens is 462 g/mol. The second-order valence-corrected chi connectivity index (χ2v) is 9.52. The molecule has 2 heterocycles. The van der Waals surface area contributed by atoms with Gasteiger partial charge in [-0.25, -0.2) is 14.6 Å². The number of hydrogen-bond donors (Lipinski definition) is 1. The van der Waals surface area contributed by atoms with E-state index in [1.165, 1.54) is 19.2 Å². The van der Waals surface area contributed by atoms with Crippen LogP contribution in [0.15, 0.2) is 79.1 Å². The Hall–Kier alpha value is -4.39. The molecule has 1 fully saturated rings. The molecule has 2 N–H and O–H groups in total. The number of para-hydroxylation sites is 1. The molecule has 7 nitrogen and oxygen atoms in total. The Morgan fingerprint density at radius 1 is 0.919 bits per heavy atom. The van der Waals surface area contributed by atoms with Gasteiger partial charge in [-0.05, 0) is 73.4 Å². The monoisotopic (exact) mass is 491 g/mol. The summed E-state index contributed by atoms with van der Waals surface area (Å²) in [5, 5.41) is 5.77. The number of benzene rings is 3. The largest absolute Gasteiger partial charge is 0.489 e. The normalized spacial score (nSPS) is 13.8. The van der Waals surface area contributed by atoms with Crippen LogP contribution in [-0.2, 0) is 6.61 Å². The lowest BCUT2D eigenvalue weighted by molar-refractivity contribution is 0.303. The Balaban J connectivity index is 1.21. The van der Waals surface area contributed by atoms with Crippen molar-refractivity contribution in [3.05, 3.63) is 90.3 Å². The average molecular weight is 492 g/mol. The van der Waals surface area contributed by atoms with Crippen LogP contribution in [0.3, 0.4) is 0 Å². The minimum absolute atomic E-state index is 0.357. The fourth-order valence-electron chi connectivity index (χ4n) is 5.00. The molecule has 0 radical (unpaired) electrons. The maximum absolute atomic E-state index is 6.28. The van der Waals surface area contributed by atoms with Crippen LogP contribution in [0.5, 0.6) is 17.2 Å². The molecule has 0 unspecified atom stereocenters. The second-order valence-electron chi connectivity index (χ2n) is 9.52. The minimum atomic E-state index is 0.357. The van der Waals surface area contributed by atoms with Crippen molar-refractivity contribution >= 4 is 16.9 Å². The number of aryl methyl sites for hydroxylation is 1. The standard InChI is InChI=1S/C30H29N5O2/c1-20-7-2-5-12-26(20)36-18-21-8-6-11-25(17-21)37-24-15-13-22(14-16-24)28-27-29(31)32-19-33-30(27)35(34-28)23-9-3-4-10-23/h2,5-8,11-17,19,23H,3-4,9-10,18H2,1H3,(H2,31,32,33). The van der Waals surface area contributed by atoms with Gasteiger partial charge in [-0.15, -0.1) is 0 Å². The summed E-state index contributed by atoms with van der Waals surface area (Å²) in [5.41, 5.74) is 11.0. The number of anilines is 1. The van der Waals surface area contributed by atoms with Crippen LogP contribution in [0.1, 0.15) is 42.9 Å². The van der Waals surface area contributed by atoms with Gasteiger partial charge in [0.15, 0.2) is 5.65 Å². The van der Waals surface area contributed by atoms with Crippen LogP contribution in [0.2, 0.25) is 0 Å². The number of nitrogens with zero attached hydrogens (tertiary/aromatic N) is 4. The number of hydrogen-bond acceptors (Lipinski definition) is 6. The van der Waals surface area contributed by atoms with Gasteiger partial charge in [-0.3, -0.25) is 0 Å². The molecule has 0 aliphatic heterocycles. The van der Waals surface area contributed by atoms with Crippen LogP contribution in [-0.4, -0.2) is 19.7 Å². The van der Waals surface area contributed by atoms with Gasteiger partial charge in [0, 0.05) is 5.56 Å². The van der Waals surface area contributed by atoms with Gasteiger partial charge >= 0.3 is 0 Å². The first-order valence-electron chi connectivity index (χ1n) is 12.7. The molecule has 3 aromatic carbocycles. The highest BCUT2D eigenvalue weighted by atomic mass is 16.5. The van der Waals surface area contributed by atoms with Crippen molar-refractivity contribution in [2.75, 3.05) is 5.73 Å². The third kappa shape index (κ3) is 4.72. The van der Waals surface area contributed by atoms with Gasteiger partial charge in [-0.1, -0.05) is 43.2 Å². The van der Waals surface area contributed by atoms with Crippen molar-refractivity contribution in [3.63, 3.8) is 0 Å². The molecule has 0 spiro atoms. The van der Waals surface area contributed by atoms with E-state index in [-0.39, 0.29) is 0 Å². The maximum Gasteiger partial charge on any atom is 0.164 e. The molecule has 2 aromatic heterocycles. The van der Waals surface area contributed by atoms with Crippen LogP contribution >= 0.6 is 0 Å². The van der Waals surface area contributed by atoms with Crippen LogP contribution < -0.4 is 15.2 Å². The molecular formula is C30H29N5O2. The summed E-state index contributed by atoms with van der Waals surface area (Å²) < 4.78 is 14.2. The van der Waals surface area contributed by atoms with Gasteiger partial charge in [0.1, 0.15) is 41.7 Å². The van der Waals surface area contributed by atoms with Gasteiger partial charge < -0.3 is 15.2 Å². The quantitative estimate of drug-likeness (QED) is 0.267. The molecule has 1 aliphatic carbocycles. The zero-order valence-electron chi connectivity index (χ0n) is 20.8. The van der Waals surface area contributed by atoms with E-state index < -0.39 is 0 Å². The number of fused-ring (bicyclic) bond motifs is 1. The Morgan fingerprint density at radius 3 is 2.54 bits per heavy atom. The molecule has 37 heavy (non-hydrogen) atoms. The molecule has 0 amide bonds. The predicted molar refractivity (Wildman–Crippen MR) is 145 cm³/mol. The Labute approximate surface area is 215 Å². The Kier molecular flexibility index (Phi) is 6.18. The van der Waals surface area contributed by atoms with Crippen molar-refractivity contribution in [3.8, 4) is 28.5 Å².